The van der Waals surface area contributed by atoms with Crippen LogP contribution in [0.25, 0.3) is 10.9 Å². The van der Waals surface area contributed by atoms with Gasteiger partial charge in [0.25, 0.3) is 5.91 Å². The lowest BCUT2D eigenvalue weighted by Crippen LogP contribution is -2.28. The van der Waals surface area contributed by atoms with Gasteiger partial charge in [0.05, 0.1) is 11.4 Å². The van der Waals surface area contributed by atoms with Crippen molar-refractivity contribution in [2.24, 2.45) is 0 Å². The minimum absolute atomic E-state index is 0.140. The molecule has 0 atom stereocenters. The van der Waals surface area contributed by atoms with E-state index in [9.17, 15) is 13.2 Å². The Labute approximate surface area is 164 Å². The molecule has 28 heavy (non-hydrogen) atoms. The van der Waals surface area contributed by atoms with Crippen LogP contribution < -0.4 is 10.1 Å². The SMILES string of the molecule is CN(C)S(=O)(=O)c1ccc(C(=O)NCCOc2cccc3cccnc23)cc1. The van der Waals surface area contributed by atoms with Gasteiger partial charge in [0.15, 0.2) is 0 Å². The zero-order chi connectivity index (χ0) is 20.1. The fourth-order valence-corrected chi connectivity index (χ4v) is 3.51. The van der Waals surface area contributed by atoms with E-state index in [-0.39, 0.29) is 17.4 Å². The summed E-state index contributed by atoms with van der Waals surface area (Å²) in [6.07, 6.45) is 1.71. The lowest BCUT2D eigenvalue weighted by Gasteiger charge is -2.12. The number of amides is 1. The van der Waals surface area contributed by atoms with E-state index in [1.807, 2.05) is 30.3 Å². The highest BCUT2D eigenvalue weighted by Crippen LogP contribution is 2.22. The van der Waals surface area contributed by atoms with Crippen molar-refractivity contribution >= 4 is 26.8 Å². The number of ether oxygens (including phenoxy) is 1. The first-order chi connectivity index (χ1) is 13.4. The van der Waals surface area contributed by atoms with E-state index >= 15 is 0 Å². The number of hydrogen-bond donors (Lipinski definition) is 1. The summed E-state index contributed by atoms with van der Waals surface area (Å²) in [5.74, 6) is 0.360. The Morgan fingerprint density at radius 3 is 2.50 bits per heavy atom. The van der Waals surface area contributed by atoms with Gasteiger partial charge in [0.1, 0.15) is 17.9 Å². The number of nitrogens with zero attached hydrogens (tertiary/aromatic N) is 2. The lowest BCUT2D eigenvalue weighted by molar-refractivity contribution is 0.0947. The number of para-hydroxylation sites is 1. The summed E-state index contributed by atoms with van der Waals surface area (Å²) < 4.78 is 31.0. The Morgan fingerprint density at radius 1 is 1.07 bits per heavy atom. The monoisotopic (exact) mass is 399 g/mol. The zero-order valence-corrected chi connectivity index (χ0v) is 16.4. The number of rotatable bonds is 7. The molecule has 3 rings (SSSR count). The number of aromatic nitrogens is 1. The first-order valence-electron chi connectivity index (χ1n) is 8.67. The summed E-state index contributed by atoms with van der Waals surface area (Å²) in [6, 6.07) is 15.3. The van der Waals surface area contributed by atoms with E-state index in [2.05, 4.69) is 10.3 Å². The maximum atomic E-state index is 12.2. The molecule has 0 spiro atoms. The van der Waals surface area contributed by atoms with Gasteiger partial charge in [-0.25, -0.2) is 12.7 Å². The second-order valence-electron chi connectivity index (χ2n) is 6.25. The summed E-state index contributed by atoms with van der Waals surface area (Å²) >= 11 is 0. The molecule has 7 nitrogen and oxygen atoms in total. The second-order valence-corrected chi connectivity index (χ2v) is 8.40. The molecule has 3 aromatic rings. The predicted molar refractivity (Wildman–Crippen MR) is 107 cm³/mol. The summed E-state index contributed by atoms with van der Waals surface area (Å²) in [5, 5.41) is 3.74. The average molecular weight is 399 g/mol. The molecule has 1 amide bonds. The van der Waals surface area contributed by atoms with Crippen LogP contribution in [-0.2, 0) is 10.0 Å². The smallest absolute Gasteiger partial charge is 0.251 e. The van der Waals surface area contributed by atoms with Gasteiger partial charge in [0.2, 0.25) is 10.0 Å². The molecule has 1 heterocycles. The number of carbonyl (C=O) groups is 1. The van der Waals surface area contributed by atoms with Crippen molar-refractivity contribution in [3.8, 4) is 5.75 Å². The van der Waals surface area contributed by atoms with Gasteiger partial charge in [-0.05, 0) is 36.4 Å². The number of nitrogens with one attached hydrogen (secondary N) is 1. The lowest BCUT2D eigenvalue weighted by atomic mass is 10.2. The van der Waals surface area contributed by atoms with Crippen molar-refractivity contribution in [1.82, 2.24) is 14.6 Å². The minimum Gasteiger partial charge on any atom is -0.489 e. The molecule has 0 radical (unpaired) electrons. The number of benzene rings is 2. The Bertz CT molecular complexity index is 1070. The van der Waals surface area contributed by atoms with Crippen molar-refractivity contribution in [3.63, 3.8) is 0 Å². The molecule has 2 aromatic carbocycles. The third-order valence-electron chi connectivity index (χ3n) is 4.14. The summed E-state index contributed by atoms with van der Waals surface area (Å²) in [4.78, 5) is 16.7. The molecule has 1 aromatic heterocycles. The normalized spacial score (nSPS) is 11.5. The fraction of sp³-hybridized carbons (Fsp3) is 0.200. The first kappa shape index (κ1) is 19.8. The minimum atomic E-state index is -3.51. The van der Waals surface area contributed by atoms with Gasteiger partial charge in [-0.2, -0.15) is 0 Å². The zero-order valence-electron chi connectivity index (χ0n) is 15.6. The van der Waals surface area contributed by atoms with E-state index in [0.717, 1.165) is 15.2 Å². The Hall–Kier alpha value is -2.97. The fourth-order valence-electron chi connectivity index (χ4n) is 2.61. The van der Waals surface area contributed by atoms with Crippen molar-refractivity contribution in [1.29, 1.82) is 0 Å². The Balaban J connectivity index is 1.56. The maximum absolute atomic E-state index is 12.2. The second kappa shape index (κ2) is 8.37. The molecule has 1 N–H and O–H groups in total. The van der Waals surface area contributed by atoms with Crippen molar-refractivity contribution in [2.75, 3.05) is 27.2 Å². The topological polar surface area (TPSA) is 88.6 Å². The predicted octanol–water partition coefficient (Wildman–Crippen LogP) is 2.29. The van der Waals surface area contributed by atoms with E-state index < -0.39 is 10.0 Å². The van der Waals surface area contributed by atoms with E-state index in [1.54, 1.807) is 6.20 Å². The van der Waals surface area contributed by atoms with Crippen LogP contribution in [0.4, 0.5) is 0 Å². The molecule has 0 aliphatic heterocycles. The summed E-state index contributed by atoms with van der Waals surface area (Å²) in [5.41, 5.74) is 1.15. The highest BCUT2D eigenvalue weighted by atomic mass is 32.2. The quantitative estimate of drug-likeness (QED) is 0.616. The van der Waals surface area contributed by atoms with Crippen LogP contribution in [0.1, 0.15) is 10.4 Å². The van der Waals surface area contributed by atoms with Gasteiger partial charge in [0, 0.05) is 31.2 Å². The molecule has 0 aliphatic carbocycles. The Morgan fingerprint density at radius 2 is 1.79 bits per heavy atom. The highest BCUT2D eigenvalue weighted by molar-refractivity contribution is 7.89. The van der Waals surface area contributed by atoms with Gasteiger partial charge in [-0.1, -0.05) is 18.2 Å². The standard InChI is InChI=1S/C20H21N3O4S/c1-23(2)28(25,26)17-10-8-16(9-11-17)20(24)22-13-14-27-18-7-3-5-15-6-4-12-21-19(15)18/h3-12H,13-14H2,1-2H3,(H,22,24). The third-order valence-corrected chi connectivity index (χ3v) is 5.97. The number of hydrogen-bond acceptors (Lipinski definition) is 5. The molecule has 0 bridgehead atoms. The number of fused-ring (bicyclic) bond motifs is 1. The molecular formula is C20H21N3O4S. The molecule has 8 heteroatoms. The van der Waals surface area contributed by atoms with Crippen molar-refractivity contribution < 1.29 is 17.9 Å². The summed E-state index contributed by atoms with van der Waals surface area (Å²) in [7, 11) is -0.594. The van der Waals surface area contributed by atoms with E-state index in [1.165, 1.54) is 38.4 Å². The summed E-state index contributed by atoms with van der Waals surface area (Å²) in [6.45, 7) is 0.592. The molecule has 0 aliphatic rings. The third kappa shape index (κ3) is 4.29. The molecule has 0 saturated heterocycles. The molecule has 0 fully saturated rings. The first-order valence-corrected chi connectivity index (χ1v) is 10.1. The van der Waals surface area contributed by atoms with Crippen molar-refractivity contribution in [2.45, 2.75) is 4.90 Å². The molecule has 0 unspecified atom stereocenters. The highest BCUT2D eigenvalue weighted by Gasteiger charge is 2.17. The van der Waals surface area contributed by atoms with Crippen LogP contribution in [0.2, 0.25) is 0 Å². The van der Waals surface area contributed by atoms with Crippen LogP contribution in [0.15, 0.2) is 65.7 Å². The van der Waals surface area contributed by atoms with E-state index in [4.69, 9.17) is 4.74 Å². The average Bonchev–Trinajstić information content (AvgIpc) is 2.71. The number of sulfonamides is 1. The van der Waals surface area contributed by atoms with Crippen LogP contribution in [0, 0.1) is 0 Å². The van der Waals surface area contributed by atoms with Gasteiger partial charge in [-0.15, -0.1) is 0 Å². The molecule has 0 saturated carbocycles. The number of pyridine rings is 1. The Kier molecular flexibility index (Phi) is 5.91. The van der Waals surface area contributed by atoms with Gasteiger partial charge in [-0.3, -0.25) is 9.78 Å². The van der Waals surface area contributed by atoms with Gasteiger partial charge < -0.3 is 10.1 Å². The van der Waals surface area contributed by atoms with Gasteiger partial charge >= 0.3 is 0 Å². The van der Waals surface area contributed by atoms with Crippen molar-refractivity contribution in [3.05, 3.63) is 66.4 Å². The van der Waals surface area contributed by atoms with Crippen LogP contribution in [0.5, 0.6) is 5.75 Å². The van der Waals surface area contributed by atoms with E-state index in [0.29, 0.717) is 17.9 Å². The number of carbonyl (C=O) groups excluding carboxylic acids is 1. The molecular weight excluding hydrogens is 378 g/mol. The largest absolute Gasteiger partial charge is 0.489 e. The van der Waals surface area contributed by atoms with Crippen LogP contribution in [-0.4, -0.2) is 50.9 Å². The van der Waals surface area contributed by atoms with Crippen LogP contribution >= 0.6 is 0 Å². The van der Waals surface area contributed by atoms with Crippen LogP contribution in [0.3, 0.4) is 0 Å². The molecule has 146 valence electrons. The maximum Gasteiger partial charge on any atom is 0.251 e.